The van der Waals surface area contributed by atoms with E-state index < -0.39 is 31.6 Å². The third-order valence-electron chi connectivity index (χ3n) is 3.73. The lowest BCUT2D eigenvalue weighted by Gasteiger charge is -2.25. The topological polar surface area (TPSA) is 115 Å². The van der Waals surface area contributed by atoms with Crippen LogP contribution in [0.3, 0.4) is 0 Å². The van der Waals surface area contributed by atoms with Crippen LogP contribution >= 0.6 is 7.75 Å². The molecule has 0 fully saturated rings. The molecule has 2 aromatic carbocycles. The summed E-state index contributed by atoms with van der Waals surface area (Å²) in [5, 5.41) is 9.66. The molecule has 1 unspecified atom stereocenters. The molecule has 160 valence electrons. The zero-order chi connectivity index (χ0) is 22.0. The van der Waals surface area contributed by atoms with Crippen molar-refractivity contribution in [2.75, 3.05) is 0 Å². The van der Waals surface area contributed by atoms with Crippen molar-refractivity contribution in [1.29, 1.82) is 5.41 Å². The summed E-state index contributed by atoms with van der Waals surface area (Å²) in [6, 6.07) is 15.6. The molecule has 0 heterocycles. The monoisotopic (exact) mass is 432 g/mol. The van der Waals surface area contributed by atoms with E-state index >= 15 is 0 Å². The molecule has 2 N–H and O–H groups in total. The molecule has 0 saturated carbocycles. The van der Waals surface area contributed by atoms with E-state index in [0.717, 1.165) is 0 Å². The van der Waals surface area contributed by atoms with Gasteiger partial charge in [-0.25, -0.2) is 4.57 Å². The fraction of sp³-hybridized carbons (Fsp3) is 0.286. The number of hydrogen-bond acceptors (Lipinski definition) is 7. The Balaban J connectivity index is 2.29. The van der Waals surface area contributed by atoms with Gasteiger partial charge in [0.15, 0.2) is 5.78 Å². The predicted octanol–water partition coefficient (Wildman–Crippen LogP) is 4.16. The summed E-state index contributed by atoms with van der Waals surface area (Å²) in [6.45, 7) is 3.36. The lowest BCUT2D eigenvalue weighted by Crippen LogP contribution is -2.39. The first-order chi connectivity index (χ1) is 14.3. The summed E-state index contributed by atoms with van der Waals surface area (Å²) in [7, 11) is -4.10. The highest BCUT2D eigenvalue weighted by molar-refractivity contribution is 7.52. The number of ether oxygens (including phenoxy) is 1. The van der Waals surface area contributed by atoms with Crippen LogP contribution in [0.4, 0.5) is 0 Å². The minimum Gasteiger partial charge on any atom is -0.462 e. The second-order valence-electron chi connectivity index (χ2n) is 6.62. The molecule has 2 rings (SSSR count). The first kappa shape index (κ1) is 23.3. The maximum Gasteiger partial charge on any atom is 0.513 e. The lowest BCUT2D eigenvalue weighted by molar-refractivity contribution is -0.149. The van der Waals surface area contributed by atoms with Crippen LogP contribution in [0.15, 0.2) is 60.7 Å². The molecule has 0 aliphatic carbocycles. The van der Waals surface area contributed by atoms with Crippen LogP contribution in [0.25, 0.3) is 0 Å². The molecule has 0 radical (unpaired) electrons. The van der Waals surface area contributed by atoms with Crippen LogP contribution in [0.1, 0.15) is 26.7 Å². The normalized spacial score (nSPS) is 12.1. The molecule has 8 nitrogen and oxygen atoms in total. The minimum atomic E-state index is -4.10. The number of nitrogens with one attached hydrogen (secondary N) is 2. The maximum absolute atomic E-state index is 13.6. The smallest absolute Gasteiger partial charge is 0.462 e. The van der Waals surface area contributed by atoms with Gasteiger partial charge in [0, 0.05) is 6.42 Å². The molecule has 0 saturated heterocycles. The Morgan fingerprint density at radius 1 is 1.00 bits per heavy atom. The quantitative estimate of drug-likeness (QED) is 0.294. The van der Waals surface area contributed by atoms with Crippen LogP contribution < -0.4 is 14.1 Å². The van der Waals surface area contributed by atoms with E-state index in [1.807, 2.05) is 0 Å². The largest absolute Gasteiger partial charge is 0.513 e. The molecule has 9 heteroatoms. The number of Topliss-reactive ketones (excluding diaryl/α,β-unsaturated/α-hetero) is 1. The Morgan fingerprint density at radius 3 is 1.93 bits per heavy atom. The third kappa shape index (κ3) is 7.81. The van der Waals surface area contributed by atoms with E-state index in [9.17, 15) is 14.2 Å². The van der Waals surface area contributed by atoms with Crippen molar-refractivity contribution < 1.29 is 27.9 Å². The number of esters is 1. The highest BCUT2D eigenvalue weighted by Gasteiger charge is 2.36. The second-order valence-corrected chi connectivity index (χ2v) is 8.24. The van der Waals surface area contributed by atoms with E-state index in [2.05, 4.69) is 5.09 Å². The van der Waals surface area contributed by atoms with E-state index in [0.29, 0.717) is 6.21 Å². The fourth-order valence-electron chi connectivity index (χ4n) is 2.41. The summed E-state index contributed by atoms with van der Waals surface area (Å²) < 4.78 is 30.0. The zero-order valence-electron chi connectivity index (χ0n) is 16.8. The van der Waals surface area contributed by atoms with E-state index in [1.54, 1.807) is 74.5 Å². The molecule has 0 bridgehead atoms. The lowest BCUT2D eigenvalue weighted by atomic mass is 10.1. The number of carbonyl (C=O) groups is 2. The molecule has 0 amide bonds. The van der Waals surface area contributed by atoms with Gasteiger partial charge in [-0.3, -0.25) is 9.59 Å². The number of para-hydroxylation sites is 2. The zero-order valence-corrected chi connectivity index (χ0v) is 17.7. The average Bonchev–Trinajstić information content (AvgIpc) is 2.71. The molecule has 2 aromatic rings. The summed E-state index contributed by atoms with van der Waals surface area (Å²) in [5.74, 6) is -0.620. The molecular formula is C21H25N2O6P. The first-order valence-electron chi connectivity index (χ1n) is 9.42. The van der Waals surface area contributed by atoms with Gasteiger partial charge in [0.25, 0.3) is 0 Å². The van der Waals surface area contributed by atoms with Crippen molar-refractivity contribution in [3.63, 3.8) is 0 Å². The van der Waals surface area contributed by atoms with Crippen molar-refractivity contribution in [3.8, 4) is 11.5 Å². The minimum absolute atomic E-state index is 0.0416. The van der Waals surface area contributed by atoms with Gasteiger partial charge in [0.1, 0.15) is 17.5 Å². The number of carbonyl (C=O) groups excluding carboxylic acids is 2. The van der Waals surface area contributed by atoms with Crippen molar-refractivity contribution in [2.45, 2.75) is 38.8 Å². The third-order valence-corrected chi connectivity index (χ3v) is 5.26. The molecule has 30 heavy (non-hydrogen) atoms. The van der Waals surface area contributed by atoms with Crippen molar-refractivity contribution >= 4 is 25.7 Å². The number of benzene rings is 2. The molecular weight excluding hydrogens is 407 g/mol. The van der Waals surface area contributed by atoms with Gasteiger partial charge in [-0.05, 0) is 44.5 Å². The highest BCUT2D eigenvalue weighted by Crippen LogP contribution is 2.45. The Hall–Kier alpha value is -2.96. The van der Waals surface area contributed by atoms with Crippen LogP contribution in [-0.4, -0.2) is 30.1 Å². The van der Waals surface area contributed by atoms with Gasteiger partial charge >= 0.3 is 13.7 Å². The van der Waals surface area contributed by atoms with Gasteiger partial charge in [0.2, 0.25) is 0 Å². The highest BCUT2D eigenvalue weighted by atomic mass is 31.2. The van der Waals surface area contributed by atoms with Gasteiger partial charge < -0.3 is 19.2 Å². The van der Waals surface area contributed by atoms with Gasteiger partial charge in [-0.2, -0.15) is 5.09 Å². The van der Waals surface area contributed by atoms with Crippen molar-refractivity contribution in [2.24, 2.45) is 0 Å². The molecule has 0 aliphatic rings. The van der Waals surface area contributed by atoms with E-state index in [1.165, 1.54) is 0 Å². The second kappa shape index (κ2) is 11.3. The van der Waals surface area contributed by atoms with Crippen molar-refractivity contribution in [3.05, 3.63) is 60.7 Å². The van der Waals surface area contributed by atoms with Gasteiger partial charge in [-0.15, -0.1) is 0 Å². The van der Waals surface area contributed by atoms with Crippen LogP contribution in [0, 0.1) is 5.41 Å². The van der Waals surface area contributed by atoms with Crippen molar-refractivity contribution in [1.82, 2.24) is 5.09 Å². The molecule has 0 spiro atoms. The van der Waals surface area contributed by atoms with Crippen LogP contribution in [-0.2, 0) is 18.9 Å². The SMILES string of the molecule is CC(C)OC(=O)C(CCC(=O)C=N)NP(=O)(Oc1ccccc1)Oc1ccccc1. The first-order valence-corrected chi connectivity index (χ1v) is 11.0. The molecule has 0 aliphatic heterocycles. The van der Waals surface area contributed by atoms with E-state index in [-0.39, 0.29) is 24.3 Å². The summed E-state index contributed by atoms with van der Waals surface area (Å²) in [4.78, 5) is 24.1. The Bertz CT molecular complexity index is 843. The number of ketones is 1. The predicted molar refractivity (Wildman–Crippen MR) is 113 cm³/mol. The maximum atomic E-state index is 13.6. The Morgan fingerprint density at radius 2 is 1.50 bits per heavy atom. The standard InChI is InChI=1S/C21H25N2O6P/c1-16(2)27-21(25)20(14-13-17(24)15-22)23-30(26,28-18-9-5-3-6-10-18)29-19-11-7-4-8-12-19/h3-12,15-16,20,22H,13-14H2,1-2H3,(H,23,26). The van der Waals surface area contributed by atoms with Crippen LogP contribution in [0.2, 0.25) is 0 Å². The molecule has 0 aromatic heterocycles. The fourth-order valence-corrected chi connectivity index (χ4v) is 3.97. The van der Waals surface area contributed by atoms with Gasteiger partial charge in [-0.1, -0.05) is 36.4 Å². The van der Waals surface area contributed by atoms with Crippen LogP contribution in [0.5, 0.6) is 11.5 Å². The Labute approximate surface area is 175 Å². The van der Waals surface area contributed by atoms with Gasteiger partial charge in [0.05, 0.1) is 12.3 Å². The average molecular weight is 432 g/mol. The summed E-state index contributed by atoms with van der Waals surface area (Å²) in [6.07, 6.45) is 0.112. The molecule has 1 atom stereocenters. The number of hydrogen-bond donors (Lipinski definition) is 2. The van der Waals surface area contributed by atoms with E-state index in [4.69, 9.17) is 19.2 Å². The number of rotatable bonds is 12. The summed E-state index contributed by atoms with van der Waals surface area (Å²) >= 11 is 0. The Kier molecular flexibility index (Phi) is 8.77. The summed E-state index contributed by atoms with van der Waals surface area (Å²) in [5.41, 5.74) is 0.